The van der Waals surface area contributed by atoms with Crippen LogP contribution in [-0.2, 0) is 9.53 Å². The maximum atomic E-state index is 11.0. The number of ether oxygens (including phenoxy) is 3. The molecule has 0 aliphatic carbocycles. The van der Waals surface area contributed by atoms with Gasteiger partial charge in [0.2, 0.25) is 0 Å². The lowest BCUT2D eigenvalue weighted by molar-refractivity contribution is -0.134. The van der Waals surface area contributed by atoms with Gasteiger partial charge < -0.3 is 14.2 Å². The van der Waals surface area contributed by atoms with Crippen LogP contribution in [0.5, 0.6) is 17.2 Å². The van der Waals surface area contributed by atoms with Gasteiger partial charge in [0, 0.05) is 12.1 Å². The number of hydrogen-bond donors (Lipinski definition) is 0. The molecule has 0 saturated carbocycles. The zero-order valence-corrected chi connectivity index (χ0v) is 11.9. The summed E-state index contributed by atoms with van der Waals surface area (Å²) in [6, 6.07) is 14.8. The van der Waals surface area contributed by atoms with Gasteiger partial charge in [-0.25, -0.2) is 4.79 Å². The average molecular weight is 284 g/mol. The van der Waals surface area contributed by atoms with Gasteiger partial charge in [-0.1, -0.05) is 18.2 Å². The summed E-state index contributed by atoms with van der Waals surface area (Å²) >= 11 is 0. The highest BCUT2D eigenvalue weighted by Crippen LogP contribution is 2.25. The third-order valence-electron chi connectivity index (χ3n) is 2.77. The Morgan fingerprint density at radius 1 is 0.952 bits per heavy atom. The van der Waals surface area contributed by atoms with Crippen LogP contribution in [0.1, 0.15) is 5.56 Å². The van der Waals surface area contributed by atoms with Crippen molar-refractivity contribution in [3.8, 4) is 17.2 Å². The minimum Gasteiger partial charge on any atom is -0.497 e. The molecule has 0 heterocycles. The van der Waals surface area contributed by atoms with E-state index in [-0.39, 0.29) is 5.97 Å². The minimum atomic E-state index is -0.383. The first-order chi connectivity index (χ1) is 10.2. The second kappa shape index (κ2) is 7.14. The molecule has 4 nitrogen and oxygen atoms in total. The number of carbonyl (C=O) groups is 1. The number of carbonyl (C=O) groups excluding carboxylic acids is 1. The van der Waals surface area contributed by atoms with Crippen LogP contribution in [0.15, 0.2) is 54.6 Å². The molecular formula is C17H16O4. The molecule has 2 rings (SSSR count). The predicted molar refractivity (Wildman–Crippen MR) is 80.6 cm³/mol. The van der Waals surface area contributed by atoms with E-state index in [1.165, 1.54) is 13.2 Å². The van der Waals surface area contributed by atoms with Crippen molar-refractivity contribution in [2.45, 2.75) is 0 Å². The third-order valence-corrected chi connectivity index (χ3v) is 2.77. The molecular weight excluding hydrogens is 268 g/mol. The number of hydrogen-bond acceptors (Lipinski definition) is 4. The second-order valence-electron chi connectivity index (χ2n) is 4.21. The first-order valence-corrected chi connectivity index (χ1v) is 6.39. The summed E-state index contributed by atoms with van der Waals surface area (Å²) in [5.41, 5.74) is 0.887. The summed E-state index contributed by atoms with van der Waals surface area (Å²) in [6.07, 6.45) is 3.05. The van der Waals surface area contributed by atoms with Crippen molar-refractivity contribution in [1.82, 2.24) is 0 Å². The fourth-order valence-corrected chi connectivity index (χ4v) is 1.68. The molecule has 108 valence electrons. The number of methoxy groups -OCH3 is 2. The van der Waals surface area contributed by atoms with Gasteiger partial charge in [-0.3, -0.25) is 0 Å². The van der Waals surface area contributed by atoms with Gasteiger partial charge in [0.25, 0.3) is 0 Å². The summed E-state index contributed by atoms with van der Waals surface area (Å²) in [5, 5.41) is 0. The van der Waals surface area contributed by atoms with E-state index in [1.54, 1.807) is 13.2 Å². The maximum Gasteiger partial charge on any atom is 0.330 e. The monoisotopic (exact) mass is 284 g/mol. The topological polar surface area (TPSA) is 44.8 Å². The fourth-order valence-electron chi connectivity index (χ4n) is 1.68. The first-order valence-electron chi connectivity index (χ1n) is 6.39. The van der Waals surface area contributed by atoms with Crippen molar-refractivity contribution in [3.63, 3.8) is 0 Å². The molecule has 0 aliphatic heterocycles. The molecule has 0 aromatic heterocycles. The van der Waals surface area contributed by atoms with E-state index >= 15 is 0 Å². The Bertz CT molecular complexity index is 629. The van der Waals surface area contributed by atoms with Gasteiger partial charge in [-0.15, -0.1) is 0 Å². The lowest BCUT2D eigenvalue weighted by atomic mass is 10.2. The molecule has 0 bridgehead atoms. The first kappa shape index (κ1) is 14.7. The van der Waals surface area contributed by atoms with Crippen LogP contribution in [0, 0.1) is 0 Å². The molecule has 4 heteroatoms. The lowest BCUT2D eigenvalue weighted by Crippen LogP contribution is -1.93. The normalized spacial score (nSPS) is 10.4. The van der Waals surface area contributed by atoms with Crippen molar-refractivity contribution < 1.29 is 19.0 Å². The van der Waals surface area contributed by atoms with E-state index in [4.69, 9.17) is 9.47 Å². The van der Waals surface area contributed by atoms with Crippen molar-refractivity contribution in [3.05, 3.63) is 60.2 Å². The second-order valence-corrected chi connectivity index (χ2v) is 4.21. The Hall–Kier alpha value is -2.75. The van der Waals surface area contributed by atoms with E-state index < -0.39 is 0 Å². The fraction of sp³-hybridized carbons (Fsp3) is 0.118. The molecule has 2 aromatic carbocycles. The van der Waals surface area contributed by atoms with Gasteiger partial charge in [0.05, 0.1) is 14.2 Å². The third kappa shape index (κ3) is 4.38. The number of esters is 1. The molecule has 2 aromatic rings. The van der Waals surface area contributed by atoms with Crippen LogP contribution in [0.2, 0.25) is 0 Å². The van der Waals surface area contributed by atoms with E-state index in [2.05, 4.69) is 4.74 Å². The van der Waals surface area contributed by atoms with Gasteiger partial charge in [-0.05, 0) is 35.9 Å². The molecule has 0 radical (unpaired) electrons. The molecule has 0 atom stereocenters. The Labute approximate surface area is 123 Å². The average Bonchev–Trinajstić information content (AvgIpc) is 2.54. The Balaban J connectivity index is 2.05. The van der Waals surface area contributed by atoms with Crippen molar-refractivity contribution in [2.24, 2.45) is 0 Å². The van der Waals surface area contributed by atoms with Gasteiger partial charge in [0.15, 0.2) is 0 Å². The minimum absolute atomic E-state index is 0.383. The summed E-state index contributed by atoms with van der Waals surface area (Å²) in [6.45, 7) is 0. The lowest BCUT2D eigenvalue weighted by Gasteiger charge is -2.07. The molecule has 0 N–H and O–H groups in total. The molecule has 0 amide bonds. The van der Waals surface area contributed by atoms with E-state index in [1.807, 2.05) is 48.5 Å². The zero-order chi connectivity index (χ0) is 15.1. The number of rotatable bonds is 5. The highest BCUT2D eigenvalue weighted by atomic mass is 16.5. The maximum absolute atomic E-state index is 11.0. The van der Waals surface area contributed by atoms with E-state index in [9.17, 15) is 4.79 Å². The van der Waals surface area contributed by atoms with Crippen LogP contribution in [0.25, 0.3) is 6.08 Å². The van der Waals surface area contributed by atoms with Gasteiger partial charge in [0.1, 0.15) is 17.2 Å². The summed E-state index contributed by atoms with van der Waals surface area (Å²) in [5.74, 6) is 1.77. The molecule has 0 aliphatic rings. The summed E-state index contributed by atoms with van der Waals surface area (Å²) in [4.78, 5) is 11.0. The van der Waals surface area contributed by atoms with Gasteiger partial charge in [-0.2, -0.15) is 0 Å². The Morgan fingerprint density at radius 2 is 1.67 bits per heavy atom. The van der Waals surface area contributed by atoms with Crippen LogP contribution < -0.4 is 9.47 Å². The molecule has 0 fully saturated rings. The van der Waals surface area contributed by atoms with Crippen LogP contribution >= 0.6 is 0 Å². The zero-order valence-electron chi connectivity index (χ0n) is 11.9. The molecule has 21 heavy (non-hydrogen) atoms. The van der Waals surface area contributed by atoms with Gasteiger partial charge >= 0.3 is 5.97 Å². The van der Waals surface area contributed by atoms with Crippen molar-refractivity contribution in [2.75, 3.05) is 14.2 Å². The van der Waals surface area contributed by atoms with Crippen LogP contribution in [0.4, 0.5) is 0 Å². The van der Waals surface area contributed by atoms with Crippen molar-refractivity contribution in [1.29, 1.82) is 0 Å². The summed E-state index contributed by atoms with van der Waals surface area (Å²) in [7, 11) is 2.96. The summed E-state index contributed by atoms with van der Waals surface area (Å²) < 4.78 is 15.4. The molecule has 0 spiro atoms. The Kier molecular flexibility index (Phi) is 4.99. The van der Waals surface area contributed by atoms with Crippen molar-refractivity contribution >= 4 is 12.0 Å². The highest BCUT2D eigenvalue weighted by molar-refractivity contribution is 5.86. The standard InChI is InChI=1S/C17H16O4/c1-19-15-4-3-5-16(12-15)21-14-9-6-13(7-10-14)8-11-17(18)20-2/h3-12H,1-2H3. The SMILES string of the molecule is COC(=O)C=Cc1ccc(Oc2cccc(OC)c2)cc1. The van der Waals surface area contributed by atoms with E-state index in [0.29, 0.717) is 11.5 Å². The number of benzene rings is 2. The molecule has 0 unspecified atom stereocenters. The predicted octanol–water partition coefficient (Wildman–Crippen LogP) is 3.67. The van der Waals surface area contributed by atoms with Crippen LogP contribution in [0.3, 0.4) is 0 Å². The smallest absolute Gasteiger partial charge is 0.330 e. The quantitative estimate of drug-likeness (QED) is 0.620. The Morgan fingerprint density at radius 3 is 2.33 bits per heavy atom. The van der Waals surface area contributed by atoms with E-state index in [0.717, 1.165) is 11.3 Å². The largest absolute Gasteiger partial charge is 0.497 e. The highest BCUT2D eigenvalue weighted by Gasteiger charge is 1.99. The van der Waals surface area contributed by atoms with Crippen LogP contribution in [-0.4, -0.2) is 20.2 Å². The molecule has 0 saturated heterocycles.